The van der Waals surface area contributed by atoms with Crippen molar-refractivity contribution in [3.8, 4) is 0 Å². The molecule has 1 aromatic carbocycles. The molecule has 2 aromatic rings. The van der Waals surface area contributed by atoms with Crippen molar-refractivity contribution in [3.05, 3.63) is 54.1 Å². The molecule has 0 aliphatic carbocycles. The number of aliphatic imine (C=N–C) groups is 1. The van der Waals surface area contributed by atoms with Crippen molar-refractivity contribution in [1.82, 2.24) is 25.5 Å². The number of carbonyl (C=O) groups is 1. The van der Waals surface area contributed by atoms with Gasteiger partial charge < -0.3 is 25.3 Å². The Hall–Kier alpha value is -3.03. The fraction of sp³-hybridized carbons (Fsp3) is 0.522. The fourth-order valence-corrected chi connectivity index (χ4v) is 2.78. The summed E-state index contributed by atoms with van der Waals surface area (Å²) in [4.78, 5) is 20.8. The number of alkyl carbamates (subject to hydrolysis) is 1. The molecule has 0 unspecified atom stereocenters. The molecule has 0 radical (unpaired) electrons. The summed E-state index contributed by atoms with van der Waals surface area (Å²) in [6.45, 7) is 14.0. The number of guanidine groups is 1. The van der Waals surface area contributed by atoms with Crippen molar-refractivity contribution in [3.63, 3.8) is 0 Å². The second-order valence-electron chi connectivity index (χ2n) is 9.11. The molecule has 0 aliphatic heterocycles. The van der Waals surface area contributed by atoms with Gasteiger partial charge in [0.15, 0.2) is 5.96 Å². The number of ether oxygens (including phenoxy) is 1. The first kappa shape index (κ1) is 24.2. The van der Waals surface area contributed by atoms with Crippen LogP contribution in [0, 0.1) is 0 Å². The van der Waals surface area contributed by atoms with Gasteiger partial charge in [-0.15, -0.1) is 0 Å². The normalized spacial score (nSPS) is 12.4. The second kappa shape index (κ2) is 10.8. The SMILES string of the molecule is CCNC(=NCc1ccc(Cn2ccnc2)cc1)NCC(C)(C)NC(=O)OC(C)(C)C. The van der Waals surface area contributed by atoms with E-state index in [9.17, 15) is 4.79 Å². The predicted octanol–water partition coefficient (Wildman–Crippen LogP) is 3.29. The molecule has 3 N–H and O–H groups in total. The Morgan fingerprint density at radius 1 is 1.10 bits per heavy atom. The lowest BCUT2D eigenvalue weighted by Gasteiger charge is -2.29. The minimum absolute atomic E-state index is 0.433. The number of imidazole rings is 1. The van der Waals surface area contributed by atoms with Gasteiger partial charge in [-0.25, -0.2) is 14.8 Å². The number of hydrogen-bond donors (Lipinski definition) is 3. The van der Waals surface area contributed by atoms with E-state index in [4.69, 9.17) is 4.74 Å². The van der Waals surface area contributed by atoms with E-state index in [2.05, 4.69) is 50.2 Å². The summed E-state index contributed by atoms with van der Waals surface area (Å²) in [5, 5.41) is 9.44. The summed E-state index contributed by atoms with van der Waals surface area (Å²) in [5.41, 5.74) is 1.30. The molecule has 8 heteroatoms. The highest BCUT2D eigenvalue weighted by Gasteiger charge is 2.24. The number of nitrogens with one attached hydrogen (secondary N) is 3. The Morgan fingerprint density at radius 2 is 1.77 bits per heavy atom. The van der Waals surface area contributed by atoms with Crippen LogP contribution in [0.2, 0.25) is 0 Å². The van der Waals surface area contributed by atoms with E-state index < -0.39 is 17.2 Å². The topological polar surface area (TPSA) is 92.6 Å². The van der Waals surface area contributed by atoms with E-state index in [1.165, 1.54) is 5.56 Å². The number of rotatable bonds is 8. The molecule has 0 atom stereocenters. The largest absolute Gasteiger partial charge is 0.444 e. The number of aromatic nitrogens is 2. The van der Waals surface area contributed by atoms with Crippen molar-refractivity contribution in [2.24, 2.45) is 4.99 Å². The molecule has 0 aliphatic rings. The summed E-state index contributed by atoms with van der Waals surface area (Å²) >= 11 is 0. The third-order valence-electron chi connectivity index (χ3n) is 4.25. The summed E-state index contributed by atoms with van der Waals surface area (Å²) in [7, 11) is 0. The van der Waals surface area contributed by atoms with Gasteiger partial charge in [0.25, 0.3) is 0 Å². The summed E-state index contributed by atoms with van der Waals surface area (Å²) in [5.74, 6) is 0.698. The van der Waals surface area contributed by atoms with Crippen molar-refractivity contribution >= 4 is 12.1 Å². The Labute approximate surface area is 185 Å². The van der Waals surface area contributed by atoms with E-state index in [0.29, 0.717) is 19.0 Å². The van der Waals surface area contributed by atoms with Gasteiger partial charge >= 0.3 is 6.09 Å². The Balaban J connectivity index is 1.89. The van der Waals surface area contributed by atoms with Gasteiger partial charge in [-0.1, -0.05) is 24.3 Å². The molecule has 31 heavy (non-hydrogen) atoms. The van der Waals surface area contributed by atoms with Crippen LogP contribution in [0.25, 0.3) is 0 Å². The van der Waals surface area contributed by atoms with Gasteiger partial charge in [-0.3, -0.25) is 0 Å². The van der Waals surface area contributed by atoms with Crippen LogP contribution in [0.5, 0.6) is 0 Å². The van der Waals surface area contributed by atoms with Crippen molar-refractivity contribution in [2.45, 2.75) is 65.8 Å². The summed E-state index contributed by atoms with van der Waals surface area (Å²) in [6.07, 6.45) is 5.11. The highest BCUT2D eigenvalue weighted by Crippen LogP contribution is 2.10. The first-order chi connectivity index (χ1) is 14.6. The quantitative estimate of drug-likeness (QED) is 0.443. The second-order valence-corrected chi connectivity index (χ2v) is 9.11. The average molecular weight is 429 g/mol. The van der Waals surface area contributed by atoms with E-state index in [1.54, 1.807) is 6.20 Å². The molecule has 8 nitrogen and oxygen atoms in total. The van der Waals surface area contributed by atoms with Crippen LogP contribution < -0.4 is 16.0 Å². The van der Waals surface area contributed by atoms with E-state index in [0.717, 1.165) is 18.7 Å². The zero-order chi connectivity index (χ0) is 22.9. The van der Waals surface area contributed by atoms with Crippen LogP contribution in [0.4, 0.5) is 4.79 Å². The molecule has 170 valence electrons. The van der Waals surface area contributed by atoms with Crippen LogP contribution >= 0.6 is 0 Å². The number of nitrogens with zero attached hydrogens (tertiary/aromatic N) is 3. The van der Waals surface area contributed by atoms with Crippen molar-refractivity contribution in [1.29, 1.82) is 0 Å². The first-order valence-corrected chi connectivity index (χ1v) is 10.6. The maximum Gasteiger partial charge on any atom is 0.408 e. The Morgan fingerprint density at radius 3 is 2.35 bits per heavy atom. The molecule has 0 saturated carbocycles. The van der Waals surface area contributed by atoms with E-state index >= 15 is 0 Å². The zero-order valence-corrected chi connectivity index (χ0v) is 19.5. The average Bonchev–Trinajstić information content (AvgIpc) is 3.16. The standard InChI is InChI=1S/C23H36N6O2/c1-7-25-20(27-16-23(5,6)28-21(30)31-22(2,3)4)26-14-18-8-10-19(11-9-18)15-29-13-12-24-17-29/h8-13,17H,7,14-16H2,1-6H3,(H,28,30)(H2,25,26,27). The minimum atomic E-state index is -0.529. The van der Waals surface area contributed by atoms with Gasteiger partial charge in [0.05, 0.1) is 18.4 Å². The van der Waals surface area contributed by atoms with Crippen LogP contribution in [0.3, 0.4) is 0 Å². The third kappa shape index (κ3) is 9.55. The molecule has 1 heterocycles. The lowest BCUT2D eigenvalue weighted by atomic mass is 10.1. The van der Waals surface area contributed by atoms with Gasteiger partial charge in [0.1, 0.15) is 5.60 Å². The van der Waals surface area contributed by atoms with Crippen LogP contribution in [0.1, 0.15) is 52.7 Å². The molecular formula is C23H36N6O2. The molecule has 0 spiro atoms. The lowest BCUT2D eigenvalue weighted by molar-refractivity contribution is 0.0474. The predicted molar refractivity (Wildman–Crippen MR) is 124 cm³/mol. The van der Waals surface area contributed by atoms with Crippen LogP contribution in [0.15, 0.2) is 48.0 Å². The highest BCUT2D eigenvalue weighted by atomic mass is 16.6. The third-order valence-corrected chi connectivity index (χ3v) is 4.25. The smallest absolute Gasteiger partial charge is 0.408 e. The van der Waals surface area contributed by atoms with Crippen molar-refractivity contribution in [2.75, 3.05) is 13.1 Å². The molecule has 1 amide bonds. The Kier molecular flexibility index (Phi) is 8.47. The van der Waals surface area contributed by atoms with Crippen LogP contribution in [-0.4, -0.2) is 45.8 Å². The van der Waals surface area contributed by atoms with Crippen molar-refractivity contribution < 1.29 is 9.53 Å². The summed E-state index contributed by atoms with van der Waals surface area (Å²) < 4.78 is 7.38. The monoisotopic (exact) mass is 428 g/mol. The number of carbonyl (C=O) groups excluding carboxylic acids is 1. The molecule has 2 rings (SSSR count). The molecule has 0 fully saturated rings. The van der Waals surface area contributed by atoms with Gasteiger partial charge in [-0.2, -0.15) is 0 Å². The molecule has 0 saturated heterocycles. The summed E-state index contributed by atoms with van der Waals surface area (Å²) in [6, 6.07) is 8.40. The zero-order valence-electron chi connectivity index (χ0n) is 19.5. The van der Waals surface area contributed by atoms with Gasteiger partial charge in [0, 0.05) is 32.0 Å². The molecule has 1 aromatic heterocycles. The first-order valence-electron chi connectivity index (χ1n) is 10.6. The number of hydrogen-bond acceptors (Lipinski definition) is 4. The van der Waals surface area contributed by atoms with E-state index in [1.807, 2.05) is 58.6 Å². The number of benzene rings is 1. The lowest BCUT2D eigenvalue weighted by Crippen LogP contribution is -2.54. The Bertz CT molecular complexity index is 836. The number of amides is 1. The maximum atomic E-state index is 12.1. The molecule has 0 bridgehead atoms. The van der Waals surface area contributed by atoms with E-state index in [-0.39, 0.29) is 0 Å². The highest BCUT2D eigenvalue weighted by molar-refractivity contribution is 5.80. The molecular weight excluding hydrogens is 392 g/mol. The van der Waals surface area contributed by atoms with Crippen LogP contribution in [-0.2, 0) is 17.8 Å². The fourth-order valence-electron chi connectivity index (χ4n) is 2.78. The van der Waals surface area contributed by atoms with Gasteiger partial charge in [-0.05, 0) is 52.7 Å². The van der Waals surface area contributed by atoms with Gasteiger partial charge in [0.2, 0.25) is 0 Å². The minimum Gasteiger partial charge on any atom is -0.444 e. The maximum absolute atomic E-state index is 12.1.